The molecule has 5 heteroatoms. The lowest BCUT2D eigenvalue weighted by Gasteiger charge is -2.40. The smallest absolute Gasteiger partial charge is 0.333 e. The molecule has 0 fully saturated rings. The van der Waals surface area contributed by atoms with Gasteiger partial charge in [-0.2, -0.15) is 0 Å². The number of aliphatic carboxylic acids is 1. The van der Waals surface area contributed by atoms with Crippen LogP contribution in [-0.4, -0.2) is 30.3 Å². The predicted octanol–water partition coefficient (Wildman–Crippen LogP) is 3.80. The third-order valence-electron chi connectivity index (χ3n) is 3.26. The molecule has 0 aromatic carbocycles. The normalized spacial score (nSPS) is 16.4. The van der Waals surface area contributed by atoms with E-state index in [2.05, 4.69) is 56.4 Å². The Balaban J connectivity index is 5.03. The summed E-state index contributed by atoms with van der Waals surface area (Å²) in [7, 11) is -1.99. The summed E-state index contributed by atoms with van der Waals surface area (Å²) in [5, 5.41) is 9.06. The summed E-state index contributed by atoms with van der Waals surface area (Å²) in [4.78, 5) is 10.9. The van der Waals surface area contributed by atoms with Crippen molar-refractivity contribution < 1.29 is 14.3 Å². The molecule has 0 aliphatic carbocycles. The van der Waals surface area contributed by atoms with Gasteiger partial charge in [0.2, 0.25) is 0 Å². The van der Waals surface area contributed by atoms with Crippen molar-refractivity contribution in [2.24, 2.45) is 0 Å². The highest BCUT2D eigenvalue weighted by Crippen LogP contribution is 2.38. The lowest BCUT2D eigenvalue weighted by atomic mass is 10.1. The highest BCUT2D eigenvalue weighted by atomic mass is 79.9. The van der Waals surface area contributed by atoms with Gasteiger partial charge in [0.15, 0.2) is 8.32 Å². The molecular weight excluding hydrogens is 300 g/mol. The first-order valence-corrected chi connectivity index (χ1v) is 9.46. The number of hydrogen-bond donors (Lipinski definition) is 1. The molecule has 0 rings (SSSR count). The molecule has 0 heterocycles. The molecule has 1 N–H and O–H groups in total. The summed E-state index contributed by atoms with van der Waals surface area (Å²) in [5.74, 6) is -1.000. The van der Waals surface area contributed by atoms with Gasteiger partial charge in [-0.05, 0) is 25.1 Å². The van der Waals surface area contributed by atoms with Crippen molar-refractivity contribution in [2.45, 2.75) is 56.8 Å². The SMILES string of the molecule is C=C(C(=O)O)C(O[Si](C)(C)C(C)(C)C)C(C)Br. The van der Waals surface area contributed by atoms with Gasteiger partial charge in [-0.15, -0.1) is 0 Å². The molecule has 0 radical (unpaired) electrons. The molecule has 0 spiro atoms. The molecule has 0 aliphatic heterocycles. The van der Waals surface area contributed by atoms with E-state index >= 15 is 0 Å². The quantitative estimate of drug-likeness (QED) is 0.475. The van der Waals surface area contributed by atoms with Crippen LogP contribution < -0.4 is 0 Å². The fourth-order valence-corrected chi connectivity index (χ4v) is 3.02. The van der Waals surface area contributed by atoms with Gasteiger partial charge in [-0.1, -0.05) is 43.3 Å². The topological polar surface area (TPSA) is 46.5 Å². The zero-order chi connectivity index (χ0) is 14.0. The highest BCUT2D eigenvalue weighted by molar-refractivity contribution is 9.09. The maximum absolute atomic E-state index is 11.0. The van der Waals surface area contributed by atoms with E-state index in [0.29, 0.717) is 0 Å². The van der Waals surface area contributed by atoms with Gasteiger partial charge in [0, 0.05) is 4.83 Å². The Morgan fingerprint density at radius 1 is 1.41 bits per heavy atom. The zero-order valence-corrected chi connectivity index (χ0v) is 14.1. The molecular formula is C12H23BrO3Si. The molecule has 0 aromatic rings. The molecule has 0 saturated heterocycles. The summed E-state index contributed by atoms with van der Waals surface area (Å²) in [5.41, 5.74) is 0.110. The molecule has 0 bridgehead atoms. The highest BCUT2D eigenvalue weighted by Gasteiger charge is 2.41. The van der Waals surface area contributed by atoms with Crippen LogP contribution in [0.15, 0.2) is 12.2 Å². The Morgan fingerprint density at radius 2 is 1.82 bits per heavy atom. The van der Waals surface area contributed by atoms with Crippen molar-refractivity contribution >= 4 is 30.2 Å². The number of hydrogen-bond acceptors (Lipinski definition) is 2. The molecule has 0 amide bonds. The van der Waals surface area contributed by atoms with Gasteiger partial charge in [0.25, 0.3) is 0 Å². The molecule has 100 valence electrons. The number of rotatable bonds is 5. The molecule has 0 aromatic heterocycles. The summed E-state index contributed by atoms with van der Waals surface area (Å²) in [6.07, 6.45) is -0.478. The largest absolute Gasteiger partial charge is 0.478 e. The minimum Gasteiger partial charge on any atom is -0.478 e. The maximum atomic E-state index is 11.0. The van der Waals surface area contributed by atoms with E-state index in [0.717, 1.165) is 0 Å². The minimum atomic E-state index is -1.99. The van der Waals surface area contributed by atoms with E-state index in [1.807, 2.05) is 6.92 Å². The fraction of sp³-hybridized carbons (Fsp3) is 0.750. The lowest BCUT2D eigenvalue weighted by Crippen LogP contribution is -2.46. The van der Waals surface area contributed by atoms with E-state index in [4.69, 9.17) is 9.53 Å². The van der Waals surface area contributed by atoms with Crippen molar-refractivity contribution in [1.29, 1.82) is 0 Å². The van der Waals surface area contributed by atoms with Crippen molar-refractivity contribution in [2.75, 3.05) is 0 Å². The van der Waals surface area contributed by atoms with Gasteiger partial charge >= 0.3 is 5.97 Å². The van der Waals surface area contributed by atoms with E-state index < -0.39 is 20.4 Å². The van der Waals surface area contributed by atoms with E-state index in [-0.39, 0.29) is 15.4 Å². The summed E-state index contributed by atoms with van der Waals surface area (Å²) in [6, 6.07) is 0. The molecule has 17 heavy (non-hydrogen) atoms. The zero-order valence-electron chi connectivity index (χ0n) is 11.5. The van der Waals surface area contributed by atoms with E-state index in [1.165, 1.54) is 0 Å². The van der Waals surface area contributed by atoms with Crippen LogP contribution in [-0.2, 0) is 9.22 Å². The average Bonchev–Trinajstić information content (AvgIpc) is 2.10. The number of alkyl halides is 1. The van der Waals surface area contributed by atoms with Gasteiger partial charge in [-0.25, -0.2) is 4.79 Å². The Morgan fingerprint density at radius 3 is 2.06 bits per heavy atom. The van der Waals surface area contributed by atoms with Crippen LogP contribution in [0.5, 0.6) is 0 Å². The average molecular weight is 323 g/mol. The second-order valence-corrected chi connectivity index (χ2v) is 12.0. The van der Waals surface area contributed by atoms with Crippen molar-refractivity contribution in [1.82, 2.24) is 0 Å². The van der Waals surface area contributed by atoms with Gasteiger partial charge in [-0.3, -0.25) is 0 Å². The second-order valence-electron chi connectivity index (χ2n) is 5.81. The molecule has 2 atom stereocenters. The number of carboxylic acid groups (broad SMARTS) is 1. The fourth-order valence-electron chi connectivity index (χ4n) is 1.06. The Kier molecular flexibility index (Phi) is 5.63. The van der Waals surface area contributed by atoms with Crippen LogP contribution in [0.25, 0.3) is 0 Å². The second kappa shape index (κ2) is 5.67. The Labute approximate surface area is 114 Å². The third kappa shape index (κ3) is 4.56. The monoisotopic (exact) mass is 322 g/mol. The predicted molar refractivity (Wildman–Crippen MR) is 77.2 cm³/mol. The van der Waals surface area contributed by atoms with Gasteiger partial charge < -0.3 is 9.53 Å². The Bertz CT molecular complexity index is 305. The van der Waals surface area contributed by atoms with E-state index in [1.54, 1.807) is 0 Å². The van der Waals surface area contributed by atoms with Crippen molar-refractivity contribution in [3.05, 3.63) is 12.2 Å². The van der Waals surface area contributed by atoms with Crippen LogP contribution in [0.2, 0.25) is 18.1 Å². The Hall–Kier alpha value is -0.133. The maximum Gasteiger partial charge on any atom is 0.333 e. The van der Waals surface area contributed by atoms with Crippen LogP contribution in [0.3, 0.4) is 0 Å². The number of carbonyl (C=O) groups is 1. The van der Waals surface area contributed by atoms with Crippen molar-refractivity contribution in [3.8, 4) is 0 Å². The number of halogens is 1. The first kappa shape index (κ1) is 16.9. The van der Waals surface area contributed by atoms with Crippen LogP contribution in [0.4, 0.5) is 0 Å². The standard InChI is InChI=1S/C12H23BrO3Si/c1-8(11(14)15)10(9(2)13)16-17(6,7)12(3,4)5/h9-10H,1H2,2-7H3,(H,14,15). The van der Waals surface area contributed by atoms with Crippen molar-refractivity contribution in [3.63, 3.8) is 0 Å². The van der Waals surface area contributed by atoms with E-state index in [9.17, 15) is 4.79 Å². The summed E-state index contributed by atoms with van der Waals surface area (Å²) < 4.78 is 6.10. The minimum absolute atomic E-state index is 0.0475. The summed E-state index contributed by atoms with van der Waals surface area (Å²) >= 11 is 3.40. The van der Waals surface area contributed by atoms with Gasteiger partial charge in [0.1, 0.15) is 0 Å². The molecule has 0 saturated carbocycles. The lowest BCUT2D eigenvalue weighted by molar-refractivity contribution is -0.133. The third-order valence-corrected chi connectivity index (χ3v) is 8.20. The number of carboxylic acids is 1. The molecule has 2 unspecified atom stereocenters. The first-order valence-electron chi connectivity index (χ1n) is 5.64. The van der Waals surface area contributed by atoms with Gasteiger partial charge in [0.05, 0.1) is 11.7 Å². The summed E-state index contributed by atoms with van der Waals surface area (Å²) in [6.45, 7) is 16.1. The van der Waals surface area contributed by atoms with Crippen LogP contribution >= 0.6 is 15.9 Å². The first-order chi connectivity index (χ1) is 7.40. The van der Waals surface area contributed by atoms with Crippen LogP contribution in [0, 0.1) is 0 Å². The van der Waals surface area contributed by atoms with Crippen LogP contribution in [0.1, 0.15) is 27.7 Å². The molecule has 3 nitrogen and oxygen atoms in total. The molecule has 0 aliphatic rings.